The van der Waals surface area contributed by atoms with Crippen LogP contribution in [0.5, 0.6) is 0 Å². The van der Waals surface area contributed by atoms with E-state index in [4.69, 9.17) is 0 Å². The lowest BCUT2D eigenvalue weighted by Crippen LogP contribution is -2.15. The summed E-state index contributed by atoms with van der Waals surface area (Å²) in [5.74, 6) is -0.611. The average molecular weight is 487 g/mol. The van der Waals surface area contributed by atoms with Crippen LogP contribution in [0.2, 0.25) is 0 Å². The summed E-state index contributed by atoms with van der Waals surface area (Å²) in [6.07, 6.45) is 4.93. The van der Waals surface area contributed by atoms with Gasteiger partial charge in [0.2, 0.25) is 5.91 Å². The van der Waals surface area contributed by atoms with Gasteiger partial charge in [0.15, 0.2) is 10.9 Å². The number of anilines is 2. The van der Waals surface area contributed by atoms with Gasteiger partial charge in [-0.1, -0.05) is 24.3 Å². The van der Waals surface area contributed by atoms with E-state index in [9.17, 15) is 14.0 Å². The van der Waals surface area contributed by atoms with Gasteiger partial charge in [-0.2, -0.15) is 5.10 Å². The van der Waals surface area contributed by atoms with Crippen LogP contribution >= 0.6 is 11.3 Å². The van der Waals surface area contributed by atoms with E-state index in [1.807, 2.05) is 29.6 Å². The largest absolute Gasteiger partial charge is 0.326 e. The van der Waals surface area contributed by atoms with E-state index in [1.165, 1.54) is 35.2 Å². The number of carbonyl (C=O) groups excluding carboxylic acids is 2. The Morgan fingerprint density at radius 2 is 1.71 bits per heavy atom. The quantitative estimate of drug-likeness (QED) is 0.348. The van der Waals surface area contributed by atoms with E-state index in [1.54, 1.807) is 47.3 Å². The number of rotatable bonds is 6. The molecule has 10 heteroatoms. The molecule has 35 heavy (non-hydrogen) atoms. The van der Waals surface area contributed by atoms with Gasteiger partial charge < -0.3 is 9.88 Å². The summed E-state index contributed by atoms with van der Waals surface area (Å²) in [7, 11) is 0. The third kappa shape index (κ3) is 4.59. The lowest BCUT2D eigenvalue weighted by molar-refractivity contribution is -0.114. The van der Waals surface area contributed by atoms with Gasteiger partial charge in [0, 0.05) is 35.9 Å². The molecule has 0 radical (unpaired) electrons. The molecule has 0 aliphatic rings. The Morgan fingerprint density at radius 1 is 0.971 bits per heavy atom. The number of aromatic nitrogens is 4. The normalized spacial score (nSPS) is 10.8. The predicted octanol–water partition coefficient (Wildman–Crippen LogP) is 5.14. The Balaban J connectivity index is 1.42. The van der Waals surface area contributed by atoms with E-state index < -0.39 is 11.7 Å². The fraction of sp³-hybridized carbons (Fsp3) is 0.0400. The Hall–Kier alpha value is -4.57. The van der Waals surface area contributed by atoms with Gasteiger partial charge in [-0.3, -0.25) is 14.9 Å². The number of halogens is 1. The molecule has 5 aromatic rings. The first kappa shape index (κ1) is 22.2. The van der Waals surface area contributed by atoms with Gasteiger partial charge in [-0.25, -0.2) is 14.1 Å². The van der Waals surface area contributed by atoms with Crippen LogP contribution in [-0.4, -0.2) is 31.1 Å². The molecule has 2 N–H and O–H groups in total. The molecule has 0 atom stereocenters. The average Bonchev–Trinajstić information content (AvgIpc) is 3.60. The van der Waals surface area contributed by atoms with Crippen LogP contribution in [0, 0.1) is 5.82 Å². The molecule has 0 saturated heterocycles. The molecule has 0 bridgehead atoms. The molecule has 0 aliphatic heterocycles. The maximum Gasteiger partial charge on any atom is 0.262 e. The first-order chi connectivity index (χ1) is 17.0. The van der Waals surface area contributed by atoms with E-state index in [0.29, 0.717) is 22.3 Å². The maximum absolute atomic E-state index is 14.5. The second kappa shape index (κ2) is 9.35. The van der Waals surface area contributed by atoms with E-state index in [0.717, 1.165) is 5.56 Å². The molecule has 2 aromatic carbocycles. The Morgan fingerprint density at radius 3 is 2.43 bits per heavy atom. The molecule has 3 heterocycles. The number of para-hydroxylation sites is 1. The van der Waals surface area contributed by atoms with E-state index >= 15 is 0 Å². The number of hydrogen-bond donors (Lipinski definition) is 2. The number of thiazole rings is 1. The van der Waals surface area contributed by atoms with Crippen molar-refractivity contribution in [3.63, 3.8) is 0 Å². The molecule has 0 aliphatic carbocycles. The Bertz CT molecular complexity index is 1510. The van der Waals surface area contributed by atoms with Gasteiger partial charge in [0.05, 0.1) is 11.9 Å². The number of benzene rings is 2. The number of carbonyl (C=O) groups is 2. The summed E-state index contributed by atoms with van der Waals surface area (Å²) in [5, 5.41) is 12.1. The van der Waals surface area contributed by atoms with Gasteiger partial charge in [-0.15, -0.1) is 11.3 Å². The zero-order valence-electron chi connectivity index (χ0n) is 18.5. The molecular formula is C25H19FN6O2S. The first-order valence-corrected chi connectivity index (χ1v) is 11.5. The number of nitrogens with zero attached hydrogens (tertiary/aromatic N) is 4. The minimum atomic E-state index is -0.454. The van der Waals surface area contributed by atoms with E-state index in [2.05, 4.69) is 20.7 Å². The second-order valence-electron chi connectivity index (χ2n) is 7.59. The zero-order valence-corrected chi connectivity index (χ0v) is 19.3. The molecule has 0 unspecified atom stereocenters. The highest BCUT2D eigenvalue weighted by Crippen LogP contribution is 2.27. The smallest absolute Gasteiger partial charge is 0.262 e. The van der Waals surface area contributed by atoms with Crippen LogP contribution < -0.4 is 10.6 Å². The third-order valence-corrected chi connectivity index (χ3v) is 5.90. The van der Waals surface area contributed by atoms with Gasteiger partial charge in [-0.05, 0) is 36.4 Å². The van der Waals surface area contributed by atoms with Crippen LogP contribution in [0.15, 0.2) is 84.6 Å². The fourth-order valence-corrected chi connectivity index (χ4v) is 4.30. The summed E-state index contributed by atoms with van der Waals surface area (Å²) >= 11 is 1.28. The molecule has 0 fully saturated rings. The minimum absolute atomic E-state index is 0.144. The monoisotopic (exact) mass is 486 g/mol. The van der Waals surface area contributed by atoms with Crippen molar-refractivity contribution in [1.82, 2.24) is 19.3 Å². The van der Waals surface area contributed by atoms with Crippen molar-refractivity contribution in [1.29, 1.82) is 0 Å². The summed E-state index contributed by atoms with van der Waals surface area (Å²) in [5.41, 5.74) is 2.72. The summed E-state index contributed by atoms with van der Waals surface area (Å²) < 4.78 is 17.6. The van der Waals surface area contributed by atoms with E-state index in [-0.39, 0.29) is 17.2 Å². The zero-order chi connectivity index (χ0) is 24.4. The molecule has 3 aromatic heterocycles. The summed E-state index contributed by atoms with van der Waals surface area (Å²) in [6.45, 7) is 1.45. The van der Waals surface area contributed by atoms with Crippen molar-refractivity contribution in [3.8, 4) is 22.8 Å². The second-order valence-corrected chi connectivity index (χ2v) is 8.44. The van der Waals surface area contributed by atoms with Crippen LogP contribution in [0.4, 0.5) is 15.2 Å². The van der Waals surface area contributed by atoms with Crippen molar-refractivity contribution in [2.24, 2.45) is 0 Å². The molecule has 0 saturated carbocycles. The molecule has 2 amide bonds. The van der Waals surface area contributed by atoms with Crippen molar-refractivity contribution in [3.05, 3.63) is 96.0 Å². The Labute approximate surface area is 203 Å². The first-order valence-electron chi connectivity index (χ1n) is 10.6. The van der Waals surface area contributed by atoms with Crippen LogP contribution in [0.1, 0.15) is 17.3 Å². The number of hydrogen-bond acceptors (Lipinski definition) is 5. The predicted molar refractivity (Wildman–Crippen MR) is 133 cm³/mol. The number of nitrogens with one attached hydrogen (secondary N) is 2. The van der Waals surface area contributed by atoms with Crippen LogP contribution in [-0.2, 0) is 4.79 Å². The summed E-state index contributed by atoms with van der Waals surface area (Å²) in [4.78, 5) is 28.9. The highest BCUT2D eigenvalue weighted by Gasteiger charge is 2.22. The highest BCUT2D eigenvalue weighted by atomic mass is 32.1. The highest BCUT2D eigenvalue weighted by molar-refractivity contribution is 7.14. The molecule has 0 spiro atoms. The summed E-state index contributed by atoms with van der Waals surface area (Å²) in [6, 6.07) is 17.1. The molecule has 8 nitrogen and oxygen atoms in total. The standard InChI is InChI=1S/C25H19FN6O2S/c1-16(33)28-18-10-8-17(9-11-18)21-15-35-25(29-21)30-23(34)19-14-27-32(22-7-3-2-6-20(22)26)24(19)31-12-4-5-13-31/h2-15H,1H3,(H,28,33)(H,29,30,34). The van der Waals surface area contributed by atoms with Gasteiger partial charge >= 0.3 is 0 Å². The van der Waals surface area contributed by atoms with Crippen molar-refractivity contribution in [2.75, 3.05) is 10.6 Å². The Kier molecular flexibility index (Phi) is 5.94. The van der Waals surface area contributed by atoms with Crippen LogP contribution in [0.3, 0.4) is 0 Å². The van der Waals surface area contributed by atoms with Gasteiger partial charge in [0.25, 0.3) is 5.91 Å². The van der Waals surface area contributed by atoms with Gasteiger partial charge in [0.1, 0.15) is 17.1 Å². The lowest BCUT2D eigenvalue weighted by Gasteiger charge is -2.11. The van der Waals surface area contributed by atoms with Crippen molar-refractivity contribution < 1.29 is 14.0 Å². The number of amides is 2. The third-order valence-electron chi connectivity index (χ3n) is 5.14. The minimum Gasteiger partial charge on any atom is -0.326 e. The maximum atomic E-state index is 14.5. The van der Waals surface area contributed by atoms with Crippen molar-refractivity contribution in [2.45, 2.75) is 6.92 Å². The van der Waals surface area contributed by atoms with Crippen molar-refractivity contribution >= 4 is 34.0 Å². The molecule has 5 rings (SSSR count). The van der Waals surface area contributed by atoms with Crippen LogP contribution in [0.25, 0.3) is 22.8 Å². The topological polar surface area (TPSA) is 93.8 Å². The SMILES string of the molecule is CC(=O)Nc1ccc(-c2csc(NC(=O)c3cnn(-c4ccccc4F)c3-n3cccc3)n2)cc1. The molecule has 174 valence electrons. The fourth-order valence-electron chi connectivity index (χ4n) is 3.58. The molecular weight excluding hydrogens is 467 g/mol. The lowest BCUT2D eigenvalue weighted by atomic mass is 10.1.